The van der Waals surface area contributed by atoms with E-state index in [1.165, 1.54) is 32.1 Å². The summed E-state index contributed by atoms with van der Waals surface area (Å²) in [4.78, 5) is 2.50. The summed E-state index contributed by atoms with van der Waals surface area (Å²) in [5, 5.41) is 10.8. The second-order valence-electron chi connectivity index (χ2n) is 5.50. The number of nitrogens with zero attached hydrogens (tertiary/aromatic N) is 1. The van der Waals surface area contributed by atoms with Crippen LogP contribution >= 0.6 is 11.6 Å². The van der Waals surface area contributed by atoms with Gasteiger partial charge in [0.2, 0.25) is 0 Å². The van der Waals surface area contributed by atoms with E-state index in [-0.39, 0.29) is 6.04 Å². The maximum Gasteiger partial charge on any atom is 0.120 e. The number of phenols is 1. The average molecular weight is 282 g/mol. The van der Waals surface area contributed by atoms with Crippen molar-refractivity contribution < 1.29 is 5.11 Å². The SMILES string of the molecule is CCN(C1CCCCC1)C(C)c1cc(Cl)ccc1O. The molecular weight excluding hydrogens is 258 g/mol. The first-order chi connectivity index (χ1) is 9.13. The zero-order chi connectivity index (χ0) is 13.8. The van der Waals surface area contributed by atoms with E-state index in [4.69, 9.17) is 11.6 Å². The highest BCUT2D eigenvalue weighted by atomic mass is 35.5. The van der Waals surface area contributed by atoms with Crippen molar-refractivity contribution in [3.63, 3.8) is 0 Å². The summed E-state index contributed by atoms with van der Waals surface area (Å²) in [6.45, 7) is 5.38. The van der Waals surface area contributed by atoms with E-state index in [0.717, 1.165) is 12.1 Å². The third-order valence-electron chi connectivity index (χ3n) is 4.35. The van der Waals surface area contributed by atoms with Crippen LogP contribution in [0.2, 0.25) is 5.02 Å². The van der Waals surface area contributed by atoms with Crippen LogP contribution in [0.25, 0.3) is 0 Å². The van der Waals surface area contributed by atoms with E-state index in [9.17, 15) is 5.11 Å². The summed E-state index contributed by atoms with van der Waals surface area (Å²) in [6, 6.07) is 6.19. The lowest BCUT2D eigenvalue weighted by Gasteiger charge is -2.38. The largest absolute Gasteiger partial charge is 0.508 e. The average Bonchev–Trinajstić information content (AvgIpc) is 2.43. The fraction of sp³-hybridized carbons (Fsp3) is 0.625. The van der Waals surface area contributed by atoms with E-state index >= 15 is 0 Å². The lowest BCUT2D eigenvalue weighted by atomic mass is 9.92. The number of rotatable bonds is 4. The van der Waals surface area contributed by atoms with Gasteiger partial charge in [-0.2, -0.15) is 0 Å². The van der Waals surface area contributed by atoms with Gasteiger partial charge in [0.15, 0.2) is 0 Å². The molecule has 1 aliphatic carbocycles. The van der Waals surface area contributed by atoms with E-state index in [2.05, 4.69) is 18.7 Å². The second kappa shape index (κ2) is 6.62. The van der Waals surface area contributed by atoms with Crippen LogP contribution in [0.4, 0.5) is 0 Å². The van der Waals surface area contributed by atoms with Crippen LogP contribution in [-0.4, -0.2) is 22.6 Å². The van der Waals surface area contributed by atoms with Gasteiger partial charge >= 0.3 is 0 Å². The van der Waals surface area contributed by atoms with E-state index in [1.54, 1.807) is 12.1 Å². The summed E-state index contributed by atoms with van der Waals surface area (Å²) in [6.07, 6.45) is 6.58. The van der Waals surface area contributed by atoms with Gasteiger partial charge < -0.3 is 5.11 Å². The van der Waals surface area contributed by atoms with Crippen molar-refractivity contribution in [1.82, 2.24) is 4.90 Å². The molecule has 106 valence electrons. The smallest absolute Gasteiger partial charge is 0.120 e. The van der Waals surface area contributed by atoms with Crippen LogP contribution in [0.1, 0.15) is 57.6 Å². The van der Waals surface area contributed by atoms with E-state index in [0.29, 0.717) is 16.8 Å². The Bertz CT molecular complexity index is 415. The molecular formula is C16H24ClNO. The summed E-state index contributed by atoms with van der Waals surface area (Å²) >= 11 is 6.06. The first-order valence-electron chi connectivity index (χ1n) is 7.37. The lowest BCUT2D eigenvalue weighted by Crippen LogP contribution is -2.38. The van der Waals surface area contributed by atoms with Gasteiger partial charge in [0.25, 0.3) is 0 Å². The van der Waals surface area contributed by atoms with Gasteiger partial charge in [-0.15, -0.1) is 0 Å². The van der Waals surface area contributed by atoms with Crippen molar-refractivity contribution in [2.75, 3.05) is 6.54 Å². The van der Waals surface area contributed by atoms with Crippen molar-refractivity contribution in [3.8, 4) is 5.75 Å². The Morgan fingerprint density at radius 2 is 2.00 bits per heavy atom. The Morgan fingerprint density at radius 1 is 1.32 bits per heavy atom. The maximum absolute atomic E-state index is 10.1. The molecule has 1 unspecified atom stereocenters. The summed E-state index contributed by atoms with van der Waals surface area (Å²) in [5.74, 6) is 0.353. The summed E-state index contributed by atoms with van der Waals surface area (Å²) in [7, 11) is 0. The number of phenolic OH excluding ortho intramolecular Hbond substituents is 1. The van der Waals surface area contributed by atoms with Gasteiger partial charge in [0.1, 0.15) is 5.75 Å². The van der Waals surface area contributed by atoms with Crippen molar-refractivity contribution in [1.29, 1.82) is 0 Å². The minimum absolute atomic E-state index is 0.215. The number of hydrogen-bond donors (Lipinski definition) is 1. The van der Waals surface area contributed by atoms with Crippen LogP contribution in [-0.2, 0) is 0 Å². The standard InChI is InChI=1S/C16H24ClNO/c1-3-18(14-7-5-4-6-8-14)12(2)15-11-13(17)9-10-16(15)19/h9-12,14,19H,3-8H2,1-2H3. The molecule has 0 radical (unpaired) electrons. The molecule has 1 saturated carbocycles. The minimum atomic E-state index is 0.215. The van der Waals surface area contributed by atoms with Crippen LogP contribution in [0, 0.1) is 0 Å². The van der Waals surface area contributed by atoms with Gasteiger partial charge in [-0.25, -0.2) is 0 Å². The quantitative estimate of drug-likeness (QED) is 0.860. The molecule has 1 aromatic carbocycles. The zero-order valence-electron chi connectivity index (χ0n) is 11.9. The molecule has 1 atom stereocenters. The molecule has 2 rings (SSSR count). The number of benzene rings is 1. The van der Waals surface area contributed by atoms with Gasteiger partial charge in [-0.05, 0) is 44.5 Å². The topological polar surface area (TPSA) is 23.5 Å². The molecule has 0 amide bonds. The van der Waals surface area contributed by atoms with Gasteiger partial charge in [0, 0.05) is 22.7 Å². The summed E-state index contributed by atoms with van der Waals surface area (Å²) < 4.78 is 0. The molecule has 1 aliphatic rings. The van der Waals surface area contributed by atoms with Crippen molar-refractivity contribution >= 4 is 11.6 Å². The fourth-order valence-electron chi connectivity index (χ4n) is 3.30. The predicted molar refractivity (Wildman–Crippen MR) is 80.8 cm³/mol. The molecule has 0 spiro atoms. The van der Waals surface area contributed by atoms with Crippen LogP contribution in [0.5, 0.6) is 5.75 Å². The normalized spacial score (nSPS) is 18.7. The monoisotopic (exact) mass is 281 g/mol. The highest BCUT2D eigenvalue weighted by Gasteiger charge is 2.26. The number of halogens is 1. The highest BCUT2D eigenvalue weighted by Crippen LogP contribution is 2.34. The van der Waals surface area contributed by atoms with E-state index in [1.807, 2.05) is 6.07 Å². The van der Waals surface area contributed by atoms with Crippen LogP contribution in [0.15, 0.2) is 18.2 Å². The molecule has 2 nitrogen and oxygen atoms in total. The second-order valence-corrected chi connectivity index (χ2v) is 5.94. The first-order valence-corrected chi connectivity index (χ1v) is 7.75. The Kier molecular flexibility index (Phi) is 5.12. The van der Waals surface area contributed by atoms with Crippen molar-refractivity contribution in [3.05, 3.63) is 28.8 Å². The number of hydrogen-bond acceptors (Lipinski definition) is 2. The Balaban J connectivity index is 2.19. The summed E-state index contributed by atoms with van der Waals surface area (Å²) in [5.41, 5.74) is 0.944. The molecule has 19 heavy (non-hydrogen) atoms. The number of aromatic hydroxyl groups is 1. The minimum Gasteiger partial charge on any atom is -0.508 e. The lowest BCUT2D eigenvalue weighted by molar-refractivity contribution is 0.118. The predicted octanol–water partition coefficient (Wildman–Crippen LogP) is 4.76. The van der Waals surface area contributed by atoms with Crippen LogP contribution < -0.4 is 0 Å². The third-order valence-corrected chi connectivity index (χ3v) is 4.58. The Morgan fingerprint density at radius 3 is 2.63 bits per heavy atom. The van der Waals surface area contributed by atoms with E-state index < -0.39 is 0 Å². The Hall–Kier alpha value is -0.730. The fourth-order valence-corrected chi connectivity index (χ4v) is 3.48. The molecule has 0 bridgehead atoms. The molecule has 1 aromatic rings. The zero-order valence-corrected chi connectivity index (χ0v) is 12.7. The maximum atomic E-state index is 10.1. The first kappa shape index (κ1) is 14.7. The molecule has 1 N–H and O–H groups in total. The third kappa shape index (κ3) is 3.43. The molecule has 1 fully saturated rings. The van der Waals surface area contributed by atoms with Crippen LogP contribution in [0.3, 0.4) is 0 Å². The molecule has 0 aromatic heterocycles. The molecule has 3 heteroatoms. The van der Waals surface area contributed by atoms with Gasteiger partial charge in [-0.1, -0.05) is 37.8 Å². The van der Waals surface area contributed by atoms with Gasteiger partial charge in [-0.3, -0.25) is 4.90 Å². The Labute approximate surface area is 121 Å². The van der Waals surface area contributed by atoms with Crippen molar-refractivity contribution in [2.45, 2.75) is 58.0 Å². The highest BCUT2D eigenvalue weighted by molar-refractivity contribution is 6.30. The molecule has 0 heterocycles. The molecule has 0 aliphatic heterocycles. The van der Waals surface area contributed by atoms with Crippen molar-refractivity contribution in [2.24, 2.45) is 0 Å². The molecule has 0 saturated heterocycles. The van der Waals surface area contributed by atoms with Gasteiger partial charge in [0.05, 0.1) is 0 Å².